The number of carbonyl (C=O) groups is 2. The van der Waals surface area contributed by atoms with E-state index in [0.29, 0.717) is 22.5 Å². The Morgan fingerprint density at radius 3 is 2.60 bits per heavy atom. The fraction of sp³-hybridized carbons (Fsp3) is 0.133. The molecule has 2 aromatic rings. The summed E-state index contributed by atoms with van der Waals surface area (Å²) in [5.74, 6) is -0.757. The van der Waals surface area contributed by atoms with E-state index in [1.54, 1.807) is 49.5 Å². The maximum absolute atomic E-state index is 12.0. The van der Waals surface area contributed by atoms with Gasteiger partial charge in [-0.05, 0) is 36.8 Å². The molecule has 0 saturated heterocycles. The van der Waals surface area contributed by atoms with Crippen LogP contribution in [0.15, 0.2) is 42.6 Å². The number of hydrogen-bond acceptors (Lipinski definition) is 4. The number of carbonyl (C=O) groups excluding carboxylic acids is 2. The van der Waals surface area contributed by atoms with Crippen molar-refractivity contribution in [2.75, 3.05) is 12.4 Å². The Morgan fingerprint density at radius 2 is 1.95 bits per heavy atom. The number of ether oxygens (including phenoxy) is 1. The zero-order valence-electron chi connectivity index (χ0n) is 11.2. The Labute approximate surface area is 116 Å². The molecule has 1 amide bonds. The van der Waals surface area contributed by atoms with Crippen LogP contribution in [-0.2, 0) is 4.74 Å². The predicted molar refractivity (Wildman–Crippen MR) is 74.7 cm³/mol. The molecule has 0 atom stereocenters. The van der Waals surface area contributed by atoms with Gasteiger partial charge >= 0.3 is 5.97 Å². The fourth-order valence-electron chi connectivity index (χ4n) is 1.79. The number of hydrogen-bond donors (Lipinski definition) is 1. The first-order valence-corrected chi connectivity index (χ1v) is 6.04. The molecule has 1 aromatic heterocycles. The number of anilines is 1. The second-order valence-corrected chi connectivity index (χ2v) is 4.14. The van der Waals surface area contributed by atoms with Crippen LogP contribution in [0.3, 0.4) is 0 Å². The maximum atomic E-state index is 12.0. The minimum absolute atomic E-state index is 0.315. The average Bonchev–Trinajstić information content (AvgIpc) is 2.49. The third-order valence-electron chi connectivity index (χ3n) is 2.88. The van der Waals surface area contributed by atoms with Crippen LogP contribution in [0.1, 0.15) is 26.4 Å². The molecule has 5 heteroatoms. The molecule has 0 fully saturated rings. The van der Waals surface area contributed by atoms with Gasteiger partial charge in [0.1, 0.15) is 5.69 Å². The van der Waals surface area contributed by atoms with Crippen molar-refractivity contribution in [1.82, 2.24) is 4.98 Å². The van der Waals surface area contributed by atoms with E-state index in [4.69, 9.17) is 4.74 Å². The molecule has 0 spiro atoms. The van der Waals surface area contributed by atoms with Gasteiger partial charge in [0, 0.05) is 11.9 Å². The minimum atomic E-state index is -0.434. The fourth-order valence-corrected chi connectivity index (χ4v) is 1.79. The summed E-state index contributed by atoms with van der Waals surface area (Å²) in [6.07, 6.45) is 1.55. The van der Waals surface area contributed by atoms with E-state index in [0.717, 1.165) is 0 Å². The normalized spacial score (nSPS) is 9.90. The molecule has 0 unspecified atom stereocenters. The third-order valence-corrected chi connectivity index (χ3v) is 2.88. The number of nitrogens with zero attached hydrogens (tertiary/aromatic N) is 1. The van der Waals surface area contributed by atoms with E-state index in [1.165, 1.54) is 7.11 Å². The summed E-state index contributed by atoms with van der Waals surface area (Å²) in [6, 6.07) is 10.2. The lowest BCUT2D eigenvalue weighted by Crippen LogP contribution is -2.15. The van der Waals surface area contributed by atoms with Gasteiger partial charge in [-0.15, -0.1) is 0 Å². The second kappa shape index (κ2) is 5.97. The van der Waals surface area contributed by atoms with Crippen molar-refractivity contribution in [3.63, 3.8) is 0 Å². The average molecular weight is 270 g/mol. The quantitative estimate of drug-likeness (QED) is 0.870. The molecule has 0 aliphatic carbocycles. The first-order chi connectivity index (χ1) is 9.63. The van der Waals surface area contributed by atoms with E-state index in [9.17, 15) is 9.59 Å². The van der Waals surface area contributed by atoms with Crippen molar-refractivity contribution < 1.29 is 14.3 Å². The zero-order chi connectivity index (χ0) is 14.5. The van der Waals surface area contributed by atoms with Gasteiger partial charge in [0.15, 0.2) is 0 Å². The topological polar surface area (TPSA) is 68.3 Å². The van der Waals surface area contributed by atoms with Crippen LogP contribution >= 0.6 is 0 Å². The number of methoxy groups -OCH3 is 1. The Bertz CT molecular complexity index is 639. The van der Waals surface area contributed by atoms with E-state index in [2.05, 4.69) is 10.3 Å². The molecule has 0 saturated carbocycles. The number of amides is 1. The smallest absolute Gasteiger partial charge is 0.338 e. The summed E-state index contributed by atoms with van der Waals surface area (Å²) in [5, 5.41) is 2.74. The van der Waals surface area contributed by atoms with E-state index in [-0.39, 0.29) is 5.91 Å². The first-order valence-electron chi connectivity index (χ1n) is 6.04. The molecule has 1 N–H and O–H groups in total. The van der Waals surface area contributed by atoms with Crippen LogP contribution in [0.4, 0.5) is 5.69 Å². The monoisotopic (exact) mass is 270 g/mol. The van der Waals surface area contributed by atoms with Crippen molar-refractivity contribution in [1.29, 1.82) is 0 Å². The van der Waals surface area contributed by atoms with Gasteiger partial charge in [0.25, 0.3) is 5.91 Å². The third kappa shape index (κ3) is 2.83. The Morgan fingerprint density at radius 1 is 1.15 bits per heavy atom. The number of esters is 1. The molecule has 2 rings (SSSR count). The molecule has 0 bridgehead atoms. The standard InChI is InChI=1S/C15H14N2O3/c1-10-11(15(19)20-2)6-5-8-12(10)17-14(18)13-7-3-4-9-16-13/h3-9H,1-2H3,(H,17,18). The van der Waals surface area contributed by atoms with Crippen LogP contribution in [0.25, 0.3) is 0 Å². The van der Waals surface area contributed by atoms with E-state index >= 15 is 0 Å². The molecule has 20 heavy (non-hydrogen) atoms. The van der Waals surface area contributed by atoms with Gasteiger partial charge in [0.2, 0.25) is 0 Å². The van der Waals surface area contributed by atoms with Crippen molar-refractivity contribution in [3.05, 3.63) is 59.4 Å². The summed E-state index contributed by atoms with van der Waals surface area (Å²) < 4.78 is 4.70. The van der Waals surface area contributed by atoms with Crippen molar-refractivity contribution >= 4 is 17.6 Å². The number of pyridine rings is 1. The van der Waals surface area contributed by atoms with Crippen LogP contribution in [0.2, 0.25) is 0 Å². The van der Waals surface area contributed by atoms with Crippen LogP contribution < -0.4 is 5.32 Å². The van der Waals surface area contributed by atoms with Crippen LogP contribution in [-0.4, -0.2) is 24.0 Å². The minimum Gasteiger partial charge on any atom is -0.465 e. The number of benzene rings is 1. The zero-order valence-corrected chi connectivity index (χ0v) is 11.2. The van der Waals surface area contributed by atoms with E-state index in [1.807, 2.05) is 0 Å². The summed E-state index contributed by atoms with van der Waals surface area (Å²) in [4.78, 5) is 27.6. The van der Waals surface area contributed by atoms with Gasteiger partial charge in [-0.3, -0.25) is 9.78 Å². The van der Waals surface area contributed by atoms with Gasteiger partial charge < -0.3 is 10.1 Å². The van der Waals surface area contributed by atoms with Gasteiger partial charge in [0.05, 0.1) is 12.7 Å². The second-order valence-electron chi connectivity index (χ2n) is 4.14. The highest BCUT2D eigenvalue weighted by Crippen LogP contribution is 2.20. The number of rotatable bonds is 3. The van der Waals surface area contributed by atoms with Gasteiger partial charge in [-0.25, -0.2) is 4.79 Å². The van der Waals surface area contributed by atoms with Crippen LogP contribution in [0, 0.1) is 6.92 Å². The van der Waals surface area contributed by atoms with Crippen molar-refractivity contribution in [2.24, 2.45) is 0 Å². The van der Waals surface area contributed by atoms with E-state index < -0.39 is 5.97 Å². The summed E-state index contributed by atoms with van der Waals surface area (Å²) in [5.41, 5.74) is 1.95. The molecular weight excluding hydrogens is 256 g/mol. The molecule has 0 radical (unpaired) electrons. The molecule has 102 valence electrons. The lowest BCUT2D eigenvalue weighted by atomic mass is 10.1. The van der Waals surface area contributed by atoms with Crippen molar-refractivity contribution in [2.45, 2.75) is 6.92 Å². The maximum Gasteiger partial charge on any atom is 0.338 e. The number of aromatic nitrogens is 1. The molecular formula is C15H14N2O3. The highest BCUT2D eigenvalue weighted by Gasteiger charge is 2.14. The summed E-state index contributed by atoms with van der Waals surface area (Å²) >= 11 is 0. The van der Waals surface area contributed by atoms with Gasteiger partial charge in [-0.2, -0.15) is 0 Å². The summed E-state index contributed by atoms with van der Waals surface area (Å²) in [7, 11) is 1.32. The Kier molecular flexibility index (Phi) is 4.10. The molecule has 1 aromatic carbocycles. The first kappa shape index (κ1) is 13.7. The number of nitrogens with one attached hydrogen (secondary N) is 1. The lowest BCUT2D eigenvalue weighted by Gasteiger charge is -2.11. The molecule has 5 nitrogen and oxygen atoms in total. The molecule has 1 heterocycles. The lowest BCUT2D eigenvalue weighted by molar-refractivity contribution is 0.0599. The largest absolute Gasteiger partial charge is 0.465 e. The highest BCUT2D eigenvalue weighted by molar-refractivity contribution is 6.04. The highest BCUT2D eigenvalue weighted by atomic mass is 16.5. The Hall–Kier alpha value is -2.69. The molecule has 0 aliphatic heterocycles. The predicted octanol–water partition coefficient (Wildman–Crippen LogP) is 2.43. The Balaban J connectivity index is 2.26. The molecule has 0 aliphatic rings. The van der Waals surface area contributed by atoms with Gasteiger partial charge in [-0.1, -0.05) is 12.1 Å². The van der Waals surface area contributed by atoms with Crippen molar-refractivity contribution in [3.8, 4) is 0 Å². The van der Waals surface area contributed by atoms with Crippen LogP contribution in [0.5, 0.6) is 0 Å². The summed E-state index contributed by atoms with van der Waals surface area (Å²) in [6.45, 7) is 1.75. The SMILES string of the molecule is COC(=O)c1cccc(NC(=O)c2ccccn2)c1C.